The highest BCUT2D eigenvalue weighted by Crippen LogP contribution is 2.42. The fourth-order valence-electron chi connectivity index (χ4n) is 4.41. The van der Waals surface area contributed by atoms with Crippen LogP contribution in [0.25, 0.3) is 10.9 Å². The van der Waals surface area contributed by atoms with E-state index in [1.807, 2.05) is 24.3 Å². The van der Waals surface area contributed by atoms with Gasteiger partial charge in [0.25, 0.3) is 5.56 Å². The Morgan fingerprint density at radius 1 is 1.03 bits per heavy atom. The topological polar surface area (TPSA) is 66.8 Å². The number of pyridine rings is 1. The van der Waals surface area contributed by atoms with Crippen molar-refractivity contribution in [3.8, 4) is 17.2 Å². The van der Waals surface area contributed by atoms with Gasteiger partial charge < -0.3 is 18.8 Å². The Morgan fingerprint density at radius 3 is 2.59 bits per heavy atom. The van der Waals surface area contributed by atoms with Crippen LogP contribution in [0.1, 0.15) is 29.0 Å². The van der Waals surface area contributed by atoms with Crippen molar-refractivity contribution in [2.24, 2.45) is 7.05 Å². The maximum Gasteiger partial charge on any atom is 0.312 e. The summed E-state index contributed by atoms with van der Waals surface area (Å²) in [4.78, 5) is 25.9. The first-order valence-corrected chi connectivity index (χ1v) is 10.8. The van der Waals surface area contributed by atoms with Crippen molar-refractivity contribution >= 4 is 16.9 Å². The minimum absolute atomic E-state index is 0.0269. The Kier molecular flexibility index (Phi) is 5.53. The number of nitrogens with zero attached hydrogens (tertiary/aromatic N) is 1. The smallest absolute Gasteiger partial charge is 0.312 e. The maximum absolute atomic E-state index is 14.0. The molecule has 0 spiro atoms. The maximum atomic E-state index is 14.0. The summed E-state index contributed by atoms with van der Waals surface area (Å²) in [7, 11) is 3.21. The van der Waals surface area contributed by atoms with Gasteiger partial charge in [0.15, 0.2) is 11.5 Å². The van der Waals surface area contributed by atoms with Crippen LogP contribution in [0, 0.1) is 5.82 Å². The fourth-order valence-corrected chi connectivity index (χ4v) is 4.41. The number of rotatable bonds is 5. The summed E-state index contributed by atoms with van der Waals surface area (Å²) in [5.41, 5.74) is 2.05. The summed E-state index contributed by atoms with van der Waals surface area (Å²) in [6.45, 7) is 0.0352. The van der Waals surface area contributed by atoms with E-state index in [9.17, 15) is 14.0 Å². The lowest BCUT2D eigenvalue weighted by Gasteiger charge is -2.26. The van der Waals surface area contributed by atoms with Crippen LogP contribution in [-0.2, 0) is 18.4 Å². The number of fused-ring (bicyclic) bond motifs is 3. The van der Waals surface area contributed by atoms with E-state index in [4.69, 9.17) is 14.2 Å². The fraction of sp³-hybridized carbons (Fsp3) is 0.185. The Hall–Kier alpha value is -4.13. The highest BCUT2D eigenvalue weighted by Gasteiger charge is 2.34. The van der Waals surface area contributed by atoms with Gasteiger partial charge in [-0.05, 0) is 35.9 Å². The molecule has 0 fully saturated rings. The van der Waals surface area contributed by atoms with Crippen molar-refractivity contribution in [3.05, 3.63) is 99.6 Å². The van der Waals surface area contributed by atoms with Crippen molar-refractivity contribution in [3.63, 3.8) is 0 Å². The molecule has 34 heavy (non-hydrogen) atoms. The number of hydrogen-bond donors (Lipinski definition) is 0. The van der Waals surface area contributed by atoms with E-state index in [1.54, 1.807) is 48.0 Å². The lowest BCUT2D eigenvalue weighted by Crippen LogP contribution is -2.31. The number of benzene rings is 3. The predicted molar refractivity (Wildman–Crippen MR) is 125 cm³/mol. The second kappa shape index (κ2) is 8.67. The van der Waals surface area contributed by atoms with Crippen molar-refractivity contribution in [1.29, 1.82) is 0 Å². The largest absolute Gasteiger partial charge is 0.493 e. The molecule has 0 saturated heterocycles. The molecular formula is C27H22FNO5. The molecule has 1 atom stereocenters. The van der Waals surface area contributed by atoms with E-state index < -0.39 is 11.9 Å². The number of para-hydroxylation sites is 1. The third-order valence-electron chi connectivity index (χ3n) is 6.16. The summed E-state index contributed by atoms with van der Waals surface area (Å²) in [5.74, 6) is -0.104. The van der Waals surface area contributed by atoms with E-state index in [0.29, 0.717) is 39.3 Å². The number of ether oxygens (including phenoxy) is 3. The van der Waals surface area contributed by atoms with Gasteiger partial charge in [0.2, 0.25) is 0 Å². The molecule has 1 aliphatic heterocycles. The molecule has 1 aliphatic rings. The summed E-state index contributed by atoms with van der Waals surface area (Å²) in [6, 6.07) is 19.0. The first-order chi connectivity index (χ1) is 16.5. The molecule has 1 unspecified atom stereocenters. The van der Waals surface area contributed by atoms with Crippen LogP contribution in [0.4, 0.5) is 4.39 Å². The van der Waals surface area contributed by atoms with E-state index in [0.717, 1.165) is 5.56 Å². The van der Waals surface area contributed by atoms with Gasteiger partial charge in [-0.25, -0.2) is 4.39 Å². The standard InChI is InChI=1S/C27H22FNO5/c1-29-21-10-6-4-8-18(21)26-25(27(29)31)19(14-24(30)34-26)16-11-12-22(23(13-16)32-2)33-15-17-7-3-5-9-20(17)28/h3-13,19H,14-15H2,1-2H3. The molecule has 0 bridgehead atoms. The molecule has 4 aromatic rings. The highest BCUT2D eigenvalue weighted by molar-refractivity contribution is 5.91. The first kappa shape index (κ1) is 21.7. The average molecular weight is 459 g/mol. The van der Waals surface area contributed by atoms with E-state index >= 15 is 0 Å². The zero-order valence-electron chi connectivity index (χ0n) is 18.7. The zero-order chi connectivity index (χ0) is 23.8. The third kappa shape index (κ3) is 3.69. The highest BCUT2D eigenvalue weighted by atomic mass is 19.1. The molecule has 172 valence electrons. The minimum Gasteiger partial charge on any atom is -0.493 e. The molecule has 1 aromatic heterocycles. The van der Waals surface area contributed by atoms with Gasteiger partial charge in [-0.2, -0.15) is 0 Å². The molecule has 3 aromatic carbocycles. The van der Waals surface area contributed by atoms with Gasteiger partial charge in [0, 0.05) is 23.9 Å². The normalized spacial score (nSPS) is 15.0. The molecule has 6 nitrogen and oxygen atoms in total. The summed E-state index contributed by atoms with van der Waals surface area (Å²) < 4.78 is 32.4. The number of carbonyl (C=O) groups is 1. The third-order valence-corrected chi connectivity index (χ3v) is 6.16. The number of methoxy groups -OCH3 is 1. The molecule has 0 radical (unpaired) electrons. The number of carbonyl (C=O) groups excluding carboxylic acids is 1. The second-order valence-corrected chi connectivity index (χ2v) is 8.15. The van der Waals surface area contributed by atoms with Crippen molar-refractivity contribution < 1.29 is 23.4 Å². The lowest BCUT2D eigenvalue weighted by atomic mass is 9.86. The minimum atomic E-state index is -0.505. The molecule has 5 rings (SSSR count). The Balaban J connectivity index is 1.55. The van der Waals surface area contributed by atoms with Crippen LogP contribution in [0.15, 0.2) is 71.5 Å². The Morgan fingerprint density at radius 2 is 1.79 bits per heavy atom. The quantitative estimate of drug-likeness (QED) is 0.405. The summed E-state index contributed by atoms with van der Waals surface area (Å²) >= 11 is 0. The van der Waals surface area contributed by atoms with Crippen molar-refractivity contribution in [1.82, 2.24) is 4.57 Å². The van der Waals surface area contributed by atoms with E-state index in [-0.39, 0.29) is 24.4 Å². The van der Waals surface area contributed by atoms with Gasteiger partial charge in [-0.1, -0.05) is 36.4 Å². The molecular weight excluding hydrogens is 437 g/mol. The van der Waals surface area contributed by atoms with Crippen LogP contribution in [0.2, 0.25) is 0 Å². The Bertz CT molecular complexity index is 1480. The van der Waals surface area contributed by atoms with Gasteiger partial charge >= 0.3 is 5.97 Å². The Labute approximate surface area is 195 Å². The monoisotopic (exact) mass is 459 g/mol. The first-order valence-electron chi connectivity index (χ1n) is 10.8. The predicted octanol–water partition coefficient (Wildman–Crippen LogP) is 4.71. The summed E-state index contributed by atoms with van der Waals surface area (Å²) in [6.07, 6.45) is 0.0269. The number of aromatic nitrogens is 1. The number of esters is 1. The van der Waals surface area contributed by atoms with Crippen LogP contribution in [0.5, 0.6) is 17.2 Å². The van der Waals surface area contributed by atoms with Gasteiger partial charge in [0.1, 0.15) is 18.2 Å². The zero-order valence-corrected chi connectivity index (χ0v) is 18.7. The van der Waals surface area contributed by atoms with Gasteiger partial charge in [-0.15, -0.1) is 0 Å². The number of halogens is 1. The van der Waals surface area contributed by atoms with Gasteiger partial charge in [0.05, 0.1) is 24.6 Å². The SMILES string of the molecule is COc1cc(C2CC(=O)Oc3c2c(=O)n(C)c2ccccc32)ccc1OCc1ccccc1F. The molecule has 2 heterocycles. The second-order valence-electron chi connectivity index (χ2n) is 8.15. The van der Waals surface area contributed by atoms with Crippen molar-refractivity contribution in [2.45, 2.75) is 18.9 Å². The average Bonchev–Trinajstić information content (AvgIpc) is 2.86. The summed E-state index contributed by atoms with van der Waals surface area (Å²) in [5, 5.41) is 0.703. The van der Waals surface area contributed by atoms with Crippen molar-refractivity contribution in [2.75, 3.05) is 7.11 Å². The molecule has 0 aliphatic carbocycles. The van der Waals surface area contributed by atoms with E-state index in [1.165, 1.54) is 13.2 Å². The molecule has 0 amide bonds. The lowest BCUT2D eigenvalue weighted by molar-refractivity contribution is -0.135. The van der Waals surface area contributed by atoms with Crippen LogP contribution >= 0.6 is 0 Å². The van der Waals surface area contributed by atoms with Crippen LogP contribution in [0.3, 0.4) is 0 Å². The van der Waals surface area contributed by atoms with Gasteiger partial charge in [-0.3, -0.25) is 9.59 Å². The number of aryl methyl sites for hydroxylation is 1. The molecule has 0 N–H and O–H groups in total. The number of hydrogen-bond acceptors (Lipinski definition) is 5. The van der Waals surface area contributed by atoms with E-state index in [2.05, 4.69) is 0 Å². The van der Waals surface area contributed by atoms with Crippen LogP contribution in [-0.4, -0.2) is 17.6 Å². The van der Waals surface area contributed by atoms with Crippen LogP contribution < -0.4 is 19.8 Å². The molecule has 7 heteroatoms. The molecule has 0 saturated carbocycles.